The fourth-order valence-corrected chi connectivity index (χ4v) is 7.17. The van der Waals surface area contributed by atoms with Gasteiger partial charge < -0.3 is 14.5 Å². The van der Waals surface area contributed by atoms with Crippen LogP contribution in [0.15, 0.2) is 18.2 Å². The zero-order valence-electron chi connectivity index (χ0n) is 23.0. The summed E-state index contributed by atoms with van der Waals surface area (Å²) >= 11 is 0. The first-order valence-electron chi connectivity index (χ1n) is 14.2. The number of ether oxygens (including phenoxy) is 1. The van der Waals surface area contributed by atoms with Crippen LogP contribution in [0.5, 0.6) is 0 Å². The van der Waals surface area contributed by atoms with Crippen molar-refractivity contribution in [3.63, 3.8) is 0 Å². The minimum Gasteiger partial charge on any atom is -0.466 e. The molecular weight excluding hydrogens is 434 g/mol. The summed E-state index contributed by atoms with van der Waals surface area (Å²) < 4.78 is 5.07. The third kappa shape index (κ3) is 6.58. The number of hydrogen-bond donors (Lipinski definition) is 0. The Morgan fingerprint density at radius 3 is 2.54 bits per heavy atom. The van der Waals surface area contributed by atoms with E-state index in [1.165, 1.54) is 57.0 Å². The number of nitrogens with zero attached hydrogens (tertiary/aromatic N) is 3. The Hall–Kier alpha value is -1.62. The van der Waals surface area contributed by atoms with Crippen LogP contribution in [-0.4, -0.2) is 55.2 Å². The van der Waals surface area contributed by atoms with Gasteiger partial charge in [-0.25, -0.2) is 4.98 Å². The summed E-state index contributed by atoms with van der Waals surface area (Å²) in [6, 6.07) is 6.76. The molecule has 0 N–H and O–H groups in total. The number of pyridine rings is 1. The number of aromatic nitrogens is 1. The topological polar surface area (TPSA) is 45.7 Å². The van der Waals surface area contributed by atoms with E-state index in [0.717, 1.165) is 57.4 Å². The first kappa shape index (κ1) is 26.4. The minimum absolute atomic E-state index is 0.176. The van der Waals surface area contributed by atoms with E-state index in [9.17, 15) is 4.79 Å². The van der Waals surface area contributed by atoms with Gasteiger partial charge in [0.05, 0.1) is 6.61 Å². The number of carbonyl (C=O) groups excluding carboxylic acids is 1. The summed E-state index contributed by atoms with van der Waals surface area (Å²) in [7, 11) is 0. The van der Waals surface area contributed by atoms with E-state index in [-0.39, 0.29) is 5.97 Å². The van der Waals surface area contributed by atoms with Gasteiger partial charge in [-0.3, -0.25) is 4.79 Å². The normalized spacial score (nSPS) is 28.7. The number of hydrogen-bond acceptors (Lipinski definition) is 5. The minimum atomic E-state index is -0.176. The Kier molecular flexibility index (Phi) is 8.45. The average Bonchev–Trinajstić information content (AvgIpc) is 3.07. The molecular formula is C30H49N3O2. The molecule has 3 fully saturated rings. The van der Waals surface area contributed by atoms with Crippen molar-refractivity contribution in [2.45, 2.75) is 91.9 Å². The standard InChI is InChI=1S/C30H49N3O2/c1-23(34)35-21-7-6-16-32-17-9-18-33(20-19-32)28-11-8-10-27(31-28)24-12-13-25-26(22-24)30(4,5)15-14-29(25,2)3/h8,10-11,24-26H,6-7,9,12-22H2,1-5H3. The van der Waals surface area contributed by atoms with E-state index in [1.807, 2.05) is 0 Å². The summed E-state index contributed by atoms with van der Waals surface area (Å²) in [6.07, 6.45) is 9.88. The molecule has 1 aromatic heterocycles. The maximum Gasteiger partial charge on any atom is 0.302 e. The Bertz CT molecular complexity index is 852. The summed E-state index contributed by atoms with van der Waals surface area (Å²) in [4.78, 5) is 21.3. The molecule has 5 heteroatoms. The fraction of sp³-hybridized carbons (Fsp3) is 0.800. The first-order chi connectivity index (χ1) is 16.7. The highest BCUT2D eigenvalue weighted by molar-refractivity contribution is 5.65. The fourth-order valence-electron chi connectivity index (χ4n) is 7.17. The Morgan fingerprint density at radius 1 is 1.00 bits per heavy atom. The molecule has 1 saturated heterocycles. The van der Waals surface area contributed by atoms with Crippen LogP contribution in [0.3, 0.4) is 0 Å². The second kappa shape index (κ2) is 11.2. The van der Waals surface area contributed by atoms with Gasteiger partial charge in [-0.15, -0.1) is 0 Å². The molecule has 2 saturated carbocycles. The maximum absolute atomic E-state index is 10.9. The highest BCUT2D eigenvalue weighted by Gasteiger charge is 2.50. The third-order valence-electron chi connectivity index (χ3n) is 9.53. The van der Waals surface area contributed by atoms with Gasteiger partial charge in [-0.1, -0.05) is 33.8 Å². The molecule has 0 bridgehead atoms. The number of esters is 1. The lowest BCUT2D eigenvalue weighted by Gasteiger charge is -2.56. The molecule has 2 heterocycles. The smallest absolute Gasteiger partial charge is 0.302 e. The molecule has 0 amide bonds. The molecule has 4 rings (SSSR count). The number of unbranched alkanes of at least 4 members (excludes halogenated alkanes) is 1. The van der Waals surface area contributed by atoms with Gasteiger partial charge in [-0.05, 0) is 99.3 Å². The van der Waals surface area contributed by atoms with E-state index < -0.39 is 0 Å². The van der Waals surface area contributed by atoms with Gasteiger partial charge in [0.25, 0.3) is 0 Å². The van der Waals surface area contributed by atoms with Crippen molar-refractivity contribution < 1.29 is 9.53 Å². The van der Waals surface area contributed by atoms with Crippen LogP contribution >= 0.6 is 0 Å². The number of carbonyl (C=O) groups is 1. The molecule has 3 unspecified atom stereocenters. The number of anilines is 1. The summed E-state index contributed by atoms with van der Waals surface area (Å²) in [5, 5.41) is 0. The van der Waals surface area contributed by atoms with Crippen molar-refractivity contribution in [2.75, 3.05) is 44.2 Å². The summed E-state index contributed by atoms with van der Waals surface area (Å²) in [5.41, 5.74) is 2.26. The Morgan fingerprint density at radius 2 is 1.77 bits per heavy atom. The zero-order valence-corrected chi connectivity index (χ0v) is 23.0. The zero-order chi connectivity index (χ0) is 25.1. The second-order valence-electron chi connectivity index (χ2n) is 12.9. The number of fused-ring (bicyclic) bond motifs is 1. The highest BCUT2D eigenvalue weighted by Crippen LogP contribution is 2.59. The molecule has 0 spiro atoms. The van der Waals surface area contributed by atoms with E-state index in [0.29, 0.717) is 23.4 Å². The van der Waals surface area contributed by atoms with Crippen molar-refractivity contribution in [1.29, 1.82) is 0 Å². The molecule has 2 aliphatic carbocycles. The Balaban J connectivity index is 1.34. The first-order valence-corrected chi connectivity index (χ1v) is 14.2. The van der Waals surface area contributed by atoms with Crippen molar-refractivity contribution in [2.24, 2.45) is 22.7 Å². The molecule has 1 aromatic rings. The van der Waals surface area contributed by atoms with E-state index in [4.69, 9.17) is 9.72 Å². The predicted octanol–water partition coefficient (Wildman–Crippen LogP) is 6.28. The van der Waals surface area contributed by atoms with Crippen LogP contribution in [-0.2, 0) is 9.53 Å². The monoisotopic (exact) mass is 483 g/mol. The second-order valence-corrected chi connectivity index (χ2v) is 12.9. The van der Waals surface area contributed by atoms with Gasteiger partial charge in [0.2, 0.25) is 0 Å². The van der Waals surface area contributed by atoms with Crippen molar-refractivity contribution >= 4 is 11.8 Å². The average molecular weight is 484 g/mol. The van der Waals surface area contributed by atoms with E-state index in [1.54, 1.807) is 0 Å². The molecule has 35 heavy (non-hydrogen) atoms. The lowest BCUT2D eigenvalue weighted by molar-refractivity contribution is -0.141. The van der Waals surface area contributed by atoms with E-state index >= 15 is 0 Å². The van der Waals surface area contributed by atoms with Gasteiger partial charge in [0, 0.05) is 38.2 Å². The van der Waals surface area contributed by atoms with Crippen LogP contribution in [0.2, 0.25) is 0 Å². The van der Waals surface area contributed by atoms with Crippen molar-refractivity contribution in [3.8, 4) is 0 Å². The molecule has 3 aliphatic rings. The Labute approximate surface area is 214 Å². The lowest BCUT2D eigenvalue weighted by atomic mass is 9.49. The quantitative estimate of drug-likeness (QED) is 0.337. The van der Waals surface area contributed by atoms with Crippen LogP contribution in [0.4, 0.5) is 5.82 Å². The van der Waals surface area contributed by atoms with Crippen LogP contribution in [0.25, 0.3) is 0 Å². The van der Waals surface area contributed by atoms with Gasteiger partial charge >= 0.3 is 5.97 Å². The molecule has 3 atom stereocenters. The molecule has 0 radical (unpaired) electrons. The molecule has 0 aromatic carbocycles. The summed E-state index contributed by atoms with van der Waals surface area (Å²) in [5.74, 6) is 3.26. The molecule has 1 aliphatic heterocycles. The predicted molar refractivity (Wildman–Crippen MR) is 144 cm³/mol. The van der Waals surface area contributed by atoms with Gasteiger partial charge in [0.1, 0.15) is 5.82 Å². The molecule has 196 valence electrons. The van der Waals surface area contributed by atoms with Gasteiger partial charge in [-0.2, -0.15) is 0 Å². The highest BCUT2D eigenvalue weighted by atomic mass is 16.5. The van der Waals surface area contributed by atoms with Crippen LogP contribution in [0, 0.1) is 22.7 Å². The van der Waals surface area contributed by atoms with Crippen LogP contribution < -0.4 is 4.90 Å². The SMILES string of the molecule is CC(=O)OCCCCN1CCCN(c2cccc(C3CCC4C(C3)C(C)(C)CCC4(C)C)n2)CC1. The lowest BCUT2D eigenvalue weighted by Crippen LogP contribution is -2.47. The number of rotatable bonds is 7. The largest absolute Gasteiger partial charge is 0.466 e. The van der Waals surface area contributed by atoms with E-state index in [2.05, 4.69) is 55.7 Å². The third-order valence-corrected chi connectivity index (χ3v) is 9.53. The summed E-state index contributed by atoms with van der Waals surface area (Å²) in [6.45, 7) is 17.5. The molecule has 5 nitrogen and oxygen atoms in total. The van der Waals surface area contributed by atoms with Crippen molar-refractivity contribution in [3.05, 3.63) is 23.9 Å². The van der Waals surface area contributed by atoms with Gasteiger partial charge in [0.15, 0.2) is 0 Å². The van der Waals surface area contributed by atoms with Crippen molar-refractivity contribution in [1.82, 2.24) is 9.88 Å². The van der Waals surface area contributed by atoms with Crippen LogP contribution in [0.1, 0.15) is 97.6 Å². The maximum atomic E-state index is 10.9.